The van der Waals surface area contributed by atoms with Crippen molar-refractivity contribution in [2.45, 2.75) is 19.4 Å². The molecule has 0 saturated carbocycles. The molecule has 1 aromatic carbocycles. The minimum atomic E-state index is 0.308. The largest absolute Gasteiger partial charge is 0.496 e. The van der Waals surface area contributed by atoms with Gasteiger partial charge in [0, 0.05) is 15.4 Å². The minimum absolute atomic E-state index is 0.308. The zero-order valence-corrected chi connectivity index (χ0v) is 17.3. The van der Waals surface area contributed by atoms with Crippen LogP contribution in [0.2, 0.25) is 0 Å². The van der Waals surface area contributed by atoms with Gasteiger partial charge in [0.15, 0.2) is 0 Å². The zero-order chi connectivity index (χ0) is 15.4. The maximum atomic E-state index is 5.28. The van der Waals surface area contributed by atoms with Gasteiger partial charge in [0.1, 0.15) is 5.75 Å². The molecule has 0 saturated heterocycles. The quantitative estimate of drug-likeness (QED) is 0.533. The zero-order valence-electron chi connectivity index (χ0n) is 11.8. The molecule has 6 heteroatoms. The molecule has 0 amide bonds. The molecule has 1 heterocycles. The van der Waals surface area contributed by atoms with Crippen LogP contribution in [0.3, 0.4) is 0 Å². The Morgan fingerprint density at radius 1 is 1.19 bits per heavy atom. The molecule has 0 aliphatic heterocycles. The van der Waals surface area contributed by atoms with Gasteiger partial charge in [-0.1, -0.05) is 13.0 Å². The van der Waals surface area contributed by atoms with Crippen LogP contribution in [-0.2, 0) is 6.42 Å². The highest BCUT2D eigenvalue weighted by Crippen LogP contribution is 2.37. The number of hydrogen-bond acceptors (Lipinski definition) is 3. The number of methoxy groups -OCH3 is 1. The lowest BCUT2D eigenvalue weighted by Crippen LogP contribution is -2.22. The molecule has 0 fully saturated rings. The van der Waals surface area contributed by atoms with Gasteiger partial charge in [-0.3, -0.25) is 0 Å². The number of hydrogen-bond donors (Lipinski definition) is 1. The van der Waals surface area contributed by atoms with Crippen molar-refractivity contribution < 1.29 is 4.74 Å². The average Bonchev–Trinajstić information content (AvgIpc) is 2.78. The minimum Gasteiger partial charge on any atom is -0.496 e. The first-order valence-corrected chi connectivity index (χ1v) is 9.75. The summed E-state index contributed by atoms with van der Waals surface area (Å²) in [5.41, 5.74) is 1.27. The first kappa shape index (κ1) is 17.5. The van der Waals surface area contributed by atoms with Crippen molar-refractivity contribution in [1.29, 1.82) is 0 Å². The third kappa shape index (κ3) is 4.55. The third-order valence-corrected chi connectivity index (χ3v) is 7.10. The number of halogens is 3. The van der Waals surface area contributed by atoms with Crippen molar-refractivity contribution in [1.82, 2.24) is 5.32 Å². The molecule has 2 rings (SSSR count). The van der Waals surface area contributed by atoms with E-state index in [1.165, 1.54) is 10.4 Å². The molecule has 0 radical (unpaired) electrons. The van der Waals surface area contributed by atoms with Crippen molar-refractivity contribution in [3.8, 4) is 5.75 Å². The van der Waals surface area contributed by atoms with Crippen molar-refractivity contribution >= 4 is 59.1 Å². The van der Waals surface area contributed by atoms with Gasteiger partial charge < -0.3 is 10.1 Å². The molecule has 1 atom stereocenters. The fourth-order valence-electron chi connectivity index (χ4n) is 2.13. The molecule has 0 bridgehead atoms. The van der Waals surface area contributed by atoms with Crippen molar-refractivity contribution in [2.24, 2.45) is 0 Å². The number of ether oxygens (including phenoxy) is 1. The fraction of sp³-hybridized carbons (Fsp3) is 0.333. The lowest BCUT2D eigenvalue weighted by Gasteiger charge is -2.17. The number of thiophene rings is 1. The van der Waals surface area contributed by atoms with Gasteiger partial charge in [0.05, 0.1) is 15.4 Å². The van der Waals surface area contributed by atoms with Crippen LogP contribution in [0.15, 0.2) is 37.0 Å². The van der Waals surface area contributed by atoms with Crippen LogP contribution >= 0.6 is 59.1 Å². The van der Waals surface area contributed by atoms with E-state index in [-0.39, 0.29) is 0 Å². The van der Waals surface area contributed by atoms with Crippen LogP contribution in [0.5, 0.6) is 5.75 Å². The third-order valence-electron chi connectivity index (χ3n) is 3.11. The van der Waals surface area contributed by atoms with Crippen LogP contribution in [0.25, 0.3) is 0 Å². The Morgan fingerprint density at radius 2 is 1.95 bits per heavy atom. The summed E-state index contributed by atoms with van der Waals surface area (Å²) in [6.07, 6.45) is 0.940. The molecule has 21 heavy (non-hydrogen) atoms. The normalized spacial score (nSPS) is 12.4. The summed E-state index contributed by atoms with van der Waals surface area (Å²) in [5.74, 6) is 0.861. The van der Waals surface area contributed by atoms with Gasteiger partial charge in [-0.15, -0.1) is 11.3 Å². The molecule has 1 aromatic heterocycles. The van der Waals surface area contributed by atoms with Gasteiger partial charge >= 0.3 is 0 Å². The van der Waals surface area contributed by atoms with E-state index >= 15 is 0 Å². The summed E-state index contributed by atoms with van der Waals surface area (Å²) < 4.78 is 8.52. The highest BCUT2D eigenvalue weighted by atomic mass is 79.9. The molecule has 2 aromatic rings. The molecule has 0 aliphatic rings. The molecular weight excluding hydrogens is 482 g/mol. The monoisotopic (exact) mass is 495 g/mol. The van der Waals surface area contributed by atoms with Crippen LogP contribution < -0.4 is 10.1 Å². The number of nitrogens with one attached hydrogen (secondary N) is 1. The van der Waals surface area contributed by atoms with Crippen LogP contribution in [0, 0.1) is 0 Å². The van der Waals surface area contributed by atoms with E-state index in [1.54, 1.807) is 18.4 Å². The molecule has 114 valence electrons. The van der Waals surface area contributed by atoms with Crippen LogP contribution in [0.1, 0.15) is 23.4 Å². The number of rotatable bonds is 6. The molecule has 2 nitrogen and oxygen atoms in total. The molecule has 1 N–H and O–H groups in total. The standard InChI is InChI=1S/C15H16Br3NOS/c1-3-19-12(14-8-11(17)15(18)21-14)7-9-4-5-13(20-2)10(16)6-9/h4-6,8,12,19H,3,7H2,1-2H3. The second-order valence-corrected chi connectivity index (χ2v) is 8.66. The Morgan fingerprint density at radius 3 is 2.48 bits per heavy atom. The Kier molecular flexibility index (Phi) is 6.75. The molecule has 1 unspecified atom stereocenters. The molecule has 0 spiro atoms. The first-order chi connectivity index (χ1) is 10.0. The van der Waals surface area contributed by atoms with E-state index in [1.807, 2.05) is 6.07 Å². The van der Waals surface area contributed by atoms with E-state index in [2.05, 4.69) is 78.2 Å². The maximum absolute atomic E-state index is 5.28. The van der Waals surface area contributed by atoms with E-state index in [9.17, 15) is 0 Å². The summed E-state index contributed by atoms with van der Waals surface area (Å²) in [6.45, 7) is 3.07. The van der Waals surface area contributed by atoms with Crippen LogP contribution in [-0.4, -0.2) is 13.7 Å². The van der Waals surface area contributed by atoms with E-state index < -0.39 is 0 Å². The van der Waals surface area contributed by atoms with Crippen molar-refractivity contribution in [3.63, 3.8) is 0 Å². The summed E-state index contributed by atoms with van der Waals surface area (Å²) in [6, 6.07) is 8.73. The van der Waals surface area contributed by atoms with E-state index in [4.69, 9.17) is 4.74 Å². The Bertz CT molecular complexity index is 595. The number of benzene rings is 1. The Labute approximate surface area is 154 Å². The number of likely N-dealkylation sites (N-methyl/N-ethyl adjacent to an activating group) is 1. The second-order valence-electron chi connectivity index (χ2n) is 4.55. The molecular formula is C15H16Br3NOS. The average molecular weight is 498 g/mol. The Hall–Kier alpha value is 0.120. The Balaban J connectivity index is 2.21. The maximum Gasteiger partial charge on any atom is 0.133 e. The highest BCUT2D eigenvalue weighted by Gasteiger charge is 2.16. The van der Waals surface area contributed by atoms with Gasteiger partial charge in [0.25, 0.3) is 0 Å². The fourth-order valence-corrected chi connectivity index (χ4v) is 4.88. The first-order valence-electron chi connectivity index (χ1n) is 6.55. The lowest BCUT2D eigenvalue weighted by atomic mass is 10.0. The SMILES string of the molecule is CCNC(Cc1ccc(OC)c(Br)c1)c1cc(Br)c(Br)s1. The predicted octanol–water partition coefficient (Wildman–Crippen LogP) is 5.94. The lowest BCUT2D eigenvalue weighted by molar-refractivity contribution is 0.412. The van der Waals surface area contributed by atoms with Gasteiger partial charge in [-0.25, -0.2) is 0 Å². The summed E-state index contributed by atoms with van der Waals surface area (Å²) in [5, 5.41) is 3.56. The van der Waals surface area contributed by atoms with Crippen molar-refractivity contribution in [3.05, 3.63) is 47.4 Å². The second kappa shape index (κ2) is 8.11. The van der Waals surface area contributed by atoms with Gasteiger partial charge in [-0.05, 0) is 84.5 Å². The molecule has 0 aliphatic carbocycles. The topological polar surface area (TPSA) is 21.3 Å². The van der Waals surface area contributed by atoms with Crippen molar-refractivity contribution in [2.75, 3.05) is 13.7 Å². The summed E-state index contributed by atoms with van der Waals surface area (Å²) in [4.78, 5) is 1.32. The van der Waals surface area contributed by atoms with Gasteiger partial charge in [-0.2, -0.15) is 0 Å². The predicted molar refractivity (Wildman–Crippen MR) is 101 cm³/mol. The van der Waals surface area contributed by atoms with Gasteiger partial charge in [0.2, 0.25) is 0 Å². The summed E-state index contributed by atoms with van der Waals surface area (Å²) >= 11 is 12.4. The van der Waals surface area contributed by atoms with E-state index in [0.29, 0.717) is 6.04 Å². The smallest absolute Gasteiger partial charge is 0.133 e. The van der Waals surface area contributed by atoms with Crippen LogP contribution in [0.4, 0.5) is 0 Å². The van der Waals surface area contributed by atoms with E-state index in [0.717, 1.165) is 31.4 Å². The summed E-state index contributed by atoms with van der Waals surface area (Å²) in [7, 11) is 1.68. The highest BCUT2D eigenvalue weighted by molar-refractivity contribution is 9.13.